The second-order valence-electron chi connectivity index (χ2n) is 5.59. The fraction of sp³-hybridized carbons (Fsp3) is 0.917. The fourth-order valence-corrected chi connectivity index (χ4v) is 2.94. The van der Waals surface area contributed by atoms with Gasteiger partial charge >= 0.3 is 6.18 Å². The summed E-state index contributed by atoms with van der Waals surface area (Å²) in [7, 11) is 0. The SMILES string of the molecule is CC1(C)C(C(F)(F)F)CCN1C(=O)C1CNCCO1.Cl. The zero-order valence-corrected chi connectivity index (χ0v) is 12.3. The number of nitrogens with zero attached hydrogens (tertiary/aromatic N) is 1. The molecule has 0 aliphatic carbocycles. The highest BCUT2D eigenvalue weighted by Crippen LogP contribution is 2.44. The van der Waals surface area contributed by atoms with Crippen molar-refractivity contribution in [3.05, 3.63) is 0 Å². The Balaban J connectivity index is 0.00000200. The number of alkyl halides is 3. The van der Waals surface area contributed by atoms with Crippen LogP contribution >= 0.6 is 12.4 Å². The molecule has 1 N–H and O–H groups in total. The lowest BCUT2D eigenvalue weighted by Gasteiger charge is -2.39. The smallest absolute Gasteiger partial charge is 0.366 e. The van der Waals surface area contributed by atoms with Crippen molar-refractivity contribution in [2.24, 2.45) is 5.92 Å². The van der Waals surface area contributed by atoms with Crippen molar-refractivity contribution < 1.29 is 22.7 Å². The number of morpholine rings is 1. The van der Waals surface area contributed by atoms with E-state index in [4.69, 9.17) is 4.74 Å². The van der Waals surface area contributed by atoms with Gasteiger partial charge in [0.15, 0.2) is 0 Å². The highest BCUT2D eigenvalue weighted by atomic mass is 35.5. The molecule has 20 heavy (non-hydrogen) atoms. The fourth-order valence-electron chi connectivity index (χ4n) is 2.94. The van der Waals surface area contributed by atoms with Gasteiger partial charge in [-0.25, -0.2) is 0 Å². The van der Waals surface area contributed by atoms with Crippen molar-refractivity contribution in [3.8, 4) is 0 Å². The van der Waals surface area contributed by atoms with Crippen molar-refractivity contribution in [2.75, 3.05) is 26.2 Å². The molecule has 2 rings (SSSR count). The number of halogens is 4. The lowest BCUT2D eigenvalue weighted by Crippen LogP contribution is -2.56. The van der Waals surface area contributed by atoms with Gasteiger partial charge in [-0.1, -0.05) is 0 Å². The number of hydrogen-bond acceptors (Lipinski definition) is 3. The predicted molar refractivity (Wildman–Crippen MR) is 69.8 cm³/mol. The molecular weight excluding hydrogens is 297 g/mol. The third-order valence-electron chi connectivity index (χ3n) is 4.05. The van der Waals surface area contributed by atoms with E-state index < -0.39 is 23.7 Å². The van der Waals surface area contributed by atoms with Crippen molar-refractivity contribution in [1.29, 1.82) is 0 Å². The molecule has 0 aromatic rings. The maximum atomic E-state index is 13.0. The third kappa shape index (κ3) is 3.20. The van der Waals surface area contributed by atoms with Crippen LogP contribution < -0.4 is 5.32 Å². The first-order valence-electron chi connectivity index (χ1n) is 6.45. The number of carbonyl (C=O) groups excluding carboxylic acids is 1. The molecule has 118 valence electrons. The molecule has 8 heteroatoms. The predicted octanol–water partition coefficient (Wildman–Crippen LogP) is 1.59. The quantitative estimate of drug-likeness (QED) is 0.799. The topological polar surface area (TPSA) is 41.6 Å². The molecule has 1 amide bonds. The standard InChI is InChI=1S/C12H19F3N2O2.ClH/c1-11(2)9(12(13,14)15)3-5-17(11)10(18)8-7-16-4-6-19-8;/h8-9,16H,3-7H2,1-2H3;1H. The second kappa shape index (κ2) is 6.07. The van der Waals surface area contributed by atoms with E-state index in [0.717, 1.165) is 0 Å². The molecule has 2 heterocycles. The Hall–Kier alpha value is -0.530. The summed E-state index contributed by atoms with van der Waals surface area (Å²) in [5.74, 6) is -1.82. The Kier molecular flexibility index (Phi) is 5.32. The summed E-state index contributed by atoms with van der Waals surface area (Å²) in [4.78, 5) is 13.6. The first-order valence-corrected chi connectivity index (χ1v) is 6.45. The van der Waals surface area contributed by atoms with E-state index in [0.29, 0.717) is 19.7 Å². The largest absolute Gasteiger partial charge is 0.394 e. The van der Waals surface area contributed by atoms with Crippen LogP contribution in [0.25, 0.3) is 0 Å². The summed E-state index contributed by atoms with van der Waals surface area (Å²) >= 11 is 0. The average molecular weight is 317 g/mol. The van der Waals surface area contributed by atoms with Crippen LogP contribution in [0.15, 0.2) is 0 Å². The highest BCUT2D eigenvalue weighted by molar-refractivity contribution is 5.85. The van der Waals surface area contributed by atoms with Crippen LogP contribution in [0.1, 0.15) is 20.3 Å². The molecule has 0 saturated carbocycles. The maximum Gasteiger partial charge on any atom is 0.394 e. The van der Waals surface area contributed by atoms with Crippen molar-refractivity contribution in [1.82, 2.24) is 10.2 Å². The van der Waals surface area contributed by atoms with E-state index in [1.165, 1.54) is 18.7 Å². The number of hydrogen-bond donors (Lipinski definition) is 1. The molecule has 2 fully saturated rings. The Morgan fingerprint density at radius 3 is 2.50 bits per heavy atom. The molecule has 2 saturated heterocycles. The normalized spacial score (nSPS) is 29.9. The Bertz CT molecular complexity index is 357. The summed E-state index contributed by atoms with van der Waals surface area (Å²) in [6, 6.07) is 0. The lowest BCUT2D eigenvalue weighted by atomic mass is 9.87. The van der Waals surface area contributed by atoms with Gasteiger partial charge in [0.1, 0.15) is 6.10 Å². The summed E-state index contributed by atoms with van der Waals surface area (Å²) in [6.07, 6.45) is -4.98. The minimum Gasteiger partial charge on any atom is -0.366 e. The van der Waals surface area contributed by atoms with Crippen molar-refractivity contribution >= 4 is 18.3 Å². The Morgan fingerprint density at radius 2 is 2.05 bits per heavy atom. The molecule has 2 unspecified atom stereocenters. The first-order chi connectivity index (χ1) is 8.74. The number of rotatable bonds is 1. The molecule has 0 spiro atoms. The van der Waals surface area contributed by atoms with Gasteiger partial charge in [0.2, 0.25) is 0 Å². The number of amides is 1. The molecule has 2 aliphatic heterocycles. The van der Waals surface area contributed by atoms with E-state index in [-0.39, 0.29) is 31.3 Å². The monoisotopic (exact) mass is 316 g/mol. The highest BCUT2D eigenvalue weighted by Gasteiger charge is 2.56. The van der Waals surface area contributed by atoms with E-state index >= 15 is 0 Å². The zero-order chi connectivity index (χ0) is 14.3. The Labute approximate surface area is 122 Å². The number of ether oxygens (including phenoxy) is 1. The van der Waals surface area contributed by atoms with Gasteiger partial charge < -0.3 is 15.0 Å². The van der Waals surface area contributed by atoms with Crippen molar-refractivity contribution in [2.45, 2.75) is 38.1 Å². The number of likely N-dealkylation sites (tertiary alicyclic amines) is 1. The molecule has 0 aromatic carbocycles. The van der Waals surface area contributed by atoms with Gasteiger partial charge in [0.25, 0.3) is 5.91 Å². The van der Waals surface area contributed by atoms with Gasteiger partial charge in [0, 0.05) is 25.2 Å². The second-order valence-corrected chi connectivity index (χ2v) is 5.59. The molecular formula is C12H20ClF3N2O2. The Morgan fingerprint density at radius 1 is 1.40 bits per heavy atom. The summed E-state index contributed by atoms with van der Waals surface area (Å²) in [5.41, 5.74) is -1.21. The summed E-state index contributed by atoms with van der Waals surface area (Å²) < 4.78 is 44.2. The summed E-state index contributed by atoms with van der Waals surface area (Å²) in [5, 5.41) is 3.01. The lowest BCUT2D eigenvalue weighted by molar-refractivity contribution is -0.193. The number of nitrogens with one attached hydrogen (secondary N) is 1. The molecule has 2 atom stereocenters. The van der Waals surface area contributed by atoms with Crippen LogP contribution in [0.4, 0.5) is 13.2 Å². The van der Waals surface area contributed by atoms with Crippen LogP contribution in [-0.4, -0.2) is 54.9 Å². The van der Waals surface area contributed by atoms with Gasteiger partial charge in [-0.15, -0.1) is 12.4 Å². The zero-order valence-electron chi connectivity index (χ0n) is 11.5. The minimum absolute atomic E-state index is 0. The first kappa shape index (κ1) is 17.5. The van der Waals surface area contributed by atoms with E-state index in [2.05, 4.69) is 5.32 Å². The van der Waals surface area contributed by atoms with Crippen LogP contribution in [0.2, 0.25) is 0 Å². The van der Waals surface area contributed by atoms with Gasteiger partial charge in [-0.05, 0) is 20.3 Å². The third-order valence-corrected chi connectivity index (χ3v) is 4.05. The van der Waals surface area contributed by atoms with Gasteiger partial charge in [0.05, 0.1) is 12.5 Å². The van der Waals surface area contributed by atoms with Gasteiger partial charge in [-0.2, -0.15) is 13.2 Å². The van der Waals surface area contributed by atoms with E-state index in [1.54, 1.807) is 0 Å². The van der Waals surface area contributed by atoms with Crippen LogP contribution in [0.5, 0.6) is 0 Å². The van der Waals surface area contributed by atoms with Gasteiger partial charge in [-0.3, -0.25) is 4.79 Å². The summed E-state index contributed by atoms with van der Waals surface area (Å²) in [6.45, 7) is 4.53. The molecule has 0 aromatic heterocycles. The van der Waals surface area contributed by atoms with Crippen molar-refractivity contribution in [3.63, 3.8) is 0 Å². The molecule has 0 radical (unpaired) electrons. The minimum atomic E-state index is -4.27. The van der Waals surface area contributed by atoms with Crippen LogP contribution in [0, 0.1) is 5.92 Å². The molecule has 2 aliphatic rings. The molecule has 0 bridgehead atoms. The molecule has 4 nitrogen and oxygen atoms in total. The average Bonchev–Trinajstić information content (AvgIpc) is 2.64. The van der Waals surface area contributed by atoms with E-state index in [9.17, 15) is 18.0 Å². The number of carbonyl (C=O) groups is 1. The van der Waals surface area contributed by atoms with E-state index in [1.807, 2.05) is 0 Å². The maximum absolute atomic E-state index is 13.0. The van der Waals surface area contributed by atoms with Crippen LogP contribution in [-0.2, 0) is 9.53 Å². The van der Waals surface area contributed by atoms with Crippen LogP contribution in [0.3, 0.4) is 0 Å².